The first-order valence-corrected chi connectivity index (χ1v) is 6.95. The average Bonchev–Trinajstić information content (AvgIpc) is 2.83. The van der Waals surface area contributed by atoms with Crippen molar-refractivity contribution in [2.45, 2.75) is 25.9 Å². The molecule has 5 nitrogen and oxygen atoms in total. The summed E-state index contributed by atoms with van der Waals surface area (Å²) in [5, 5.41) is 15.2. The number of rotatable bonds is 2. The lowest BCUT2D eigenvalue weighted by molar-refractivity contribution is -0.118. The lowest BCUT2D eigenvalue weighted by Gasteiger charge is -2.24. The van der Waals surface area contributed by atoms with Crippen molar-refractivity contribution in [3.05, 3.63) is 40.4 Å². The van der Waals surface area contributed by atoms with Crippen molar-refractivity contribution < 1.29 is 4.79 Å². The average molecular weight is 311 g/mol. The molecule has 1 aliphatic heterocycles. The number of amides is 1. The Labute approximate surface area is 127 Å². The van der Waals surface area contributed by atoms with Gasteiger partial charge in [0.2, 0.25) is 11.0 Å². The number of hydrogen-bond acceptors (Lipinski definition) is 5. The molecule has 0 fully saturated rings. The molecule has 106 valence electrons. The molecule has 1 atom stereocenters. The van der Waals surface area contributed by atoms with Gasteiger partial charge in [0.25, 0.3) is 0 Å². The van der Waals surface area contributed by atoms with Crippen LogP contribution in [-0.2, 0) is 17.8 Å². The third-order valence-electron chi connectivity index (χ3n) is 3.15. The van der Waals surface area contributed by atoms with E-state index in [2.05, 4.69) is 33.0 Å². The lowest BCUT2D eigenvalue weighted by Crippen LogP contribution is -2.44. The quantitative estimate of drug-likeness (QED) is 0.889. The van der Waals surface area contributed by atoms with Crippen LogP contribution in [0.25, 0.3) is 0 Å². The SMILES string of the molecule is Cc1nnc(NC(=O)C2Cc3ccccc3CN2)s1.Cl. The summed E-state index contributed by atoms with van der Waals surface area (Å²) in [6, 6.07) is 7.98. The lowest BCUT2D eigenvalue weighted by atomic mass is 9.95. The molecule has 1 aliphatic rings. The fraction of sp³-hybridized carbons (Fsp3) is 0.308. The first-order valence-electron chi connectivity index (χ1n) is 6.13. The molecule has 20 heavy (non-hydrogen) atoms. The minimum Gasteiger partial charge on any atom is -0.301 e. The van der Waals surface area contributed by atoms with Crippen molar-refractivity contribution in [1.82, 2.24) is 15.5 Å². The van der Waals surface area contributed by atoms with Gasteiger partial charge in [-0.15, -0.1) is 22.6 Å². The van der Waals surface area contributed by atoms with E-state index >= 15 is 0 Å². The molecule has 2 heterocycles. The summed E-state index contributed by atoms with van der Waals surface area (Å²) < 4.78 is 0. The number of anilines is 1. The molecule has 1 aromatic heterocycles. The van der Waals surface area contributed by atoms with Crippen LogP contribution in [0.2, 0.25) is 0 Å². The van der Waals surface area contributed by atoms with Crippen LogP contribution in [-0.4, -0.2) is 22.1 Å². The van der Waals surface area contributed by atoms with Crippen LogP contribution in [0.15, 0.2) is 24.3 Å². The van der Waals surface area contributed by atoms with Crippen LogP contribution in [0, 0.1) is 6.92 Å². The maximum absolute atomic E-state index is 12.2. The third kappa shape index (κ3) is 3.15. The largest absolute Gasteiger partial charge is 0.301 e. The summed E-state index contributed by atoms with van der Waals surface area (Å²) in [5.41, 5.74) is 2.49. The Morgan fingerprint density at radius 2 is 2.10 bits per heavy atom. The van der Waals surface area contributed by atoms with Crippen LogP contribution >= 0.6 is 23.7 Å². The van der Waals surface area contributed by atoms with Gasteiger partial charge in [0, 0.05) is 6.54 Å². The molecular formula is C13H15ClN4OS. The maximum Gasteiger partial charge on any atom is 0.243 e. The van der Waals surface area contributed by atoms with Gasteiger partial charge in [0.1, 0.15) is 5.01 Å². The van der Waals surface area contributed by atoms with Gasteiger partial charge in [-0.05, 0) is 24.5 Å². The van der Waals surface area contributed by atoms with E-state index in [1.165, 1.54) is 22.5 Å². The third-order valence-corrected chi connectivity index (χ3v) is 3.91. The monoisotopic (exact) mass is 310 g/mol. The molecule has 0 spiro atoms. The number of benzene rings is 1. The van der Waals surface area contributed by atoms with E-state index in [-0.39, 0.29) is 24.4 Å². The molecule has 0 saturated heterocycles. The van der Waals surface area contributed by atoms with E-state index in [1.807, 2.05) is 19.1 Å². The number of nitrogens with zero attached hydrogens (tertiary/aromatic N) is 2. The topological polar surface area (TPSA) is 66.9 Å². The predicted octanol–water partition coefficient (Wildman–Crippen LogP) is 1.92. The smallest absolute Gasteiger partial charge is 0.243 e. The summed E-state index contributed by atoms with van der Waals surface area (Å²) in [5.74, 6) is -0.0503. The summed E-state index contributed by atoms with van der Waals surface area (Å²) in [4.78, 5) is 12.2. The minimum absolute atomic E-state index is 0. The number of aryl methyl sites for hydroxylation is 1. The first kappa shape index (κ1) is 14.9. The van der Waals surface area contributed by atoms with E-state index in [0.717, 1.165) is 11.6 Å². The van der Waals surface area contributed by atoms with Gasteiger partial charge < -0.3 is 5.32 Å². The number of carbonyl (C=O) groups excluding carboxylic acids is 1. The van der Waals surface area contributed by atoms with Gasteiger partial charge in [-0.25, -0.2) is 0 Å². The number of nitrogens with one attached hydrogen (secondary N) is 2. The summed E-state index contributed by atoms with van der Waals surface area (Å²) >= 11 is 1.38. The van der Waals surface area contributed by atoms with Gasteiger partial charge in [0.05, 0.1) is 6.04 Å². The van der Waals surface area contributed by atoms with E-state index in [0.29, 0.717) is 11.6 Å². The van der Waals surface area contributed by atoms with Crippen molar-refractivity contribution in [3.8, 4) is 0 Å². The van der Waals surface area contributed by atoms with Gasteiger partial charge >= 0.3 is 0 Å². The van der Waals surface area contributed by atoms with E-state index in [4.69, 9.17) is 0 Å². The van der Waals surface area contributed by atoms with E-state index in [9.17, 15) is 4.79 Å². The highest BCUT2D eigenvalue weighted by molar-refractivity contribution is 7.15. The molecule has 2 N–H and O–H groups in total. The van der Waals surface area contributed by atoms with Gasteiger partial charge in [-0.2, -0.15) is 0 Å². The van der Waals surface area contributed by atoms with Crippen molar-refractivity contribution >= 4 is 34.8 Å². The summed E-state index contributed by atoms with van der Waals surface area (Å²) in [6.45, 7) is 2.59. The van der Waals surface area contributed by atoms with Gasteiger partial charge in [0.15, 0.2) is 0 Å². The van der Waals surface area contributed by atoms with Crippen molar-refractivity contribution in [2.75, 3.05) is 5.32 Å². The molecule has 1 aromatic carbocycles. The molecule has 0 aliphatic carbocycles. The van der Waals surface area contributed by atoms with Crippen molar-refractivity contribution in [2.24, 2.45) is 0 Å². The fourth-order valence-electron chi connectivity index (χ4n) is 2.18. The van der Waals surface area contributed by atoms with Crippen molar-refractivity contribution in [1.29, 1.82) is 0 Å². The zero-order chi connectivity index (χ0) is 13.2. The Kier molecular flexibility index (Phi) is 4.69. The van der Waals surface area contributed by atoms with Crippen LogP contribution in [0.5, 0.6) is 0 Å². The number of carbonyl (C=O) groups is 1. The van der Waals surface area contributed by atoms with Crippen LogP contribution in [0.1, 0.15) is 16.1 Å². The number of fused-ring (bicyclic) bond motifs is 1. The molecule has 7 heteroatoms. The zero-order valence-electron chi connectivity index (χ0n) is 10.9. The van der Waals surface area contributed by atoms with Crippen molar-refractivity contribution in [3.63, 3.8) is 0 Å². The van der Waals surface area contributed by atoms with E-state index < -0.39 is 0 Å². The Bertz CT molecular complexity index is 616. The standard InChI is InChI=1S/C13H14N4OS.ClH/c1-8-16-17-13(19-8)15-12(18)11-6-9-4-2-3-5-10(9)7-14-11;/h2-5,11,14H,6-7H2,1H3,(H,15,17,18);1H. The number of halogens is 1. The zero-order valence-corrected chi connectivity index (χ0v) is 12.6. The summed E-state index contributed by atoms with van der Waals surface area (Å²) in [7, 11) is 0. The Balaban J connectivity index is 0.00000147. The molecular weight excluding hydrogens is 296 g/mol. The van der Waals surface area contributed by atoms with Crippen LogP contribution in [0.3, 0.4) is 0 Å². The Hall–Kier alpha value is -1.50. The first-order chi connectivity index (χ1) is 9.22. The number of aromatic nitrogens is 2. The molecule has 3 rings (SSSR count). The second-order valence-electron chi connectivity index (χ2n) is 4.52. The second kappa shape index (κ2) is 6.30. The molecule has 0 bridgehead atoms. The highest BCUT2D eigenvalue weighted by Crippen LogP contribution is 2.18. The fourth-order valence-corrected chi connectivity index (χ4v) is 2.77. The normalized spacial score (nSPS) is 16.9. The molecule has 0 saturated carbocycles. The highest BCUT2D eigenvalue weighted by Gasteiger charge is 2.24. The molecule has 1 amide bonds. The molecule has 1 unspecified atom stereocenters. The Morgan fingerprint density at radius 3 is 2.80 bits per heavy atom. The number of hydrogen-bond donors (Lipinski definition) is 2. The van der Waals surface area contributed by atoms with Gasteiger partial charge in [-0.1, -0.05) is 35.6 Å². The molecule has 0 radical (unpaired) electrons. The Morgan fingerprint density at radius 1 is 1.35 bits per heavy atom. The second-order valence-corrected chi connectivity index (χ2v) is 5.70. The molecule has 2 aromatic rings. The highest BCUT2D eigenvalue weighted by atomic mass is 35.5. The van der Waals surface area contributed by atoms with E-state index in [1.54, 1.807) is 0 Å². The minimum atomic E-state index is -0.209. The maximum atomic E-state index is 12.2. The predicted molar refractivity (Wildman–Crippen MR) is 81.3 cm³/mol. The summed E-state index contributed by atoms with van der Waals surface area (Å²) in [6.07, 6.45) is 0.708. The van der Waals surface area contributed by atoms with Crippen LogP contribution < -0.4 is 10.6 Å². The van der Waals surface area contributed by atoms with Crippen LogP contribution in [0.4, 0.5) is 5.13 Å². The van der Waals surface area contributed by atoms with Gasteiger partial charge in [-0.3, -0.25) is 10.1 Å².